The third-order valence-corrected chi connectivity index (χ3v) is 3.87. The van der Waals surface area contributed by atoms with Crippen molar-refractivity contribution in [3.63, 3.8) is 0 Å². The lowest BCUT2D eigenvalue weighted by atomic mass is 9.40. The highest BCUT2D eigenvalue weighted by atomic mass is 14.8. The number of nitrogens with one attached hydrogen (secondary N) is 1. The van der Waals surface area contributed by atoms with Crippen molar-refractivity contribution < 1.29 is 0 Å². The number of para-hydroxylation sites is 1. The van der Waals surface area contributed by atoms with Gasteiger partial charge in [-0.15, -0.1) is 0 Å². The molecule has 0 aromatic heterocycles. The van der Waals surface area contributed by atoms with E-state index >= 15 is 0 Å². The molecule has 0 saturated carbocycles. The van der Waals surface area contributed by atoms with Crippen LogP contribution >= 0.6 is 0 Å². The molecule has 3 rings (SSSR count). The van der Waals surface area contributed by atoms with Crippen LogP contribution in [-0.4, -0.2) is 0 Å². The summed E-state index contributed by atoms with van der Waals surface area (Å²) in [7, 11) is 0. The van der Waals surface area contributed by atoms with E-state index in [1.54, 1.807) is 0 Å². The molecule has 0 fully saturated rings. The van der Waals surface area contributed by atoms with E-state index in [-0.39, 0.29) is 5.54 Å². The molecule has 3 aromatic carbocycles. The Morgan fingerprint density at radius 2 is 0.952 bits per heavy atom. The van der Waals surface area contributed by atoms with E-state index in [0.717, 1.165) is 5.69 Å². The summed E-state index contributed by atoms with van der Waals surface area (Å²) in [5.41, 5.74) is 3.36. The van der Waals surface area contributed by atoms with Crippen LogP contribution in [0.2, 0.25) is 0 Å². The van der Waals surface area contributed by atoms with Gasteiger partial charge in [0.25, 0.3) is 0 Å². The lowest BCUT2D eigenvalue weighted by Crippen LogP contribution is -2.33. The highest BCUT2D eigenvalue weighted by molar-refractivity contribution is 5.52. The van der Waals surface area contributed by atoms with Crippen LogP contribution in [0.25, 0.3) is 0 Å². The van der Waals surface area contributed by atoms with Crippen molar-refractivity contribution in [1.82, 2.24) is 0 Å². The Kier molecular flexibility index (Phi) is 3.74. The zero-order valence-electron chi connectivity index (χ0n) is 12.2. The van der Waals surface area contributed by atoms with Gasteiger partial charge in [0, 0.05) is 5.69 Å². The third kappa shape index (κ3) is 2.82. The molecule has 0 aliphatic heterocycles. The smallest absolute Gasteiger partial charge is 0.0850 e. The maximum absolute atomic E-state index is 3.69. The summed E-state index contributed by atoms with van der Waals surface area (Å²) in [4.78, 5) is 0. The Morgan fingerprint density at radius 1 is 0.571 bits per heavy atom. The quantitative estimate of drug-likeness (QED) is 0.699. The van der Waals surface area contributed by atoms with Gasteiger partial charge in [0.2, 0.25) is 0 Å². The van der Waals surface area contributed by atoms with Crippen molar-refractivity contribution >= 4 is 5.69 Å². The standard InChI is InChI=1S/C20H19N/c1-20(17-11-5-2-6-12-17,18-13-7-3-8-14-18)21-19-15-9-4-10-16-19/h2-16,21H,1H3/i20-1. The van der Waals surface area contributed by atoms with Gasteiger partial charge in [0.15, 0.2) is 0 Å². The molecule has 0 amide bonds. The highest BCUT2D eigenvalue weighted by Gasteiger charge is 2.28. The topological polar surface area (TPSA) is 12.0 Å². The average molecular weight is 272 g/mol. The predicted molar refractivity (Wildman–Crippen MR) is 89.4 cm³/mol. The summed E-state index contributed by atoms with van der Waals surface area (Å²) >= 11 is 0. The Bertz CT molecular complexity index is 635. The summed E-state index contributed by atoms with van der Waals surface area (Å²) in [5.74, 6) is 0. The summed E-state index contributed by atoms with van der Waals surface area (Å²) in [6, 6.07) is 31.5. The Balaban J connectivity index is 2.07. The maximum atomic E-state index is 3.69. The van der Waals surface area contributed by atoms with Crippen molar-refractivity contribution in [3.8, 4) is 0 Å². The van der Waals surface area contributed by atoms with Crippen LogP contribution in [0.4, 0.5) is 5.69 Å². The van der Waals surface area contributed by atoms with Gasteiger partial charge < -0.3 is 5.32 Å². The van der Waals surface area contributed by atoms with Crippen molar-refractivity contribution in [2.75, 3.05) is 5.32 Å². The minimum Gasteiger partial charge on any atom is -0.372 e. The summed E-state index contributed by atoms with van der Waals surface area (Å²) < 4.78 is 0. The number of hydrogen-bond acceptors (Lipinski definition) is 1. The molecule has 0 unspecified atom stereocenters. The van der Waals surface area contributed by atoms with E-state index < -0.39 is 0 Å². The van der Waals surface area contributed by atoms with Gasteiger partial charge in [0.05, 0.1) is 5.54 Å². The molecule has 1 nitrogen and oxygen atoms in total. The van der Waals surface area contributed by atoms with Crippen LogP contribution in [-0.2, 0) is 5.54 Å². The van der Waals surface area contributed by atoms with Crippen molar-refractivity contribution in [2.24, 2.45) is 0 Å². The first kappa shape index (κ1) is 13.4. The van der Waals surface area contributed by atoms with Gasteiger partial charge >= 0.3 is 0 Å². The van der Waals surface area contributed by atoms with Crippen LogP contribution in [0.3, 0.4) is 0 Å². The molecule has 1 N–H and O–H groups in total. The Labute approximate surface area is 126 Å². The molecule has 104 valence electrons. The van der Waals surface area contributed by atoms with Gasteiger partial charge in [-0.2, -0.15) is 0 Å². The molecule has 1 heteroatoms. The molecule has 0 heterocycles. The molecular formula is C20H19N. The third-order valence-electron chi connectivity index (χ3n) is 3.87. The second-order valence-electron chi connectivity index (χ2n) is 5.35. The van der Waals surface area contributed by atoms with Gasteiger partial charge in [-0.25, -0.2) is 0 Å². The normalized spacial score (nSPS) is 11.1. The summed E-state index contributed by atoms with van der Waals surface area (Å²) in [6.07, 6.45) is 0. The van der Waals surface area contributed by atoms with E-state index in [1.807, 2.05) is 6.07 Å². The first-order chi connectivity index (χ1) is 10.3. The van der Waals surface area contributed by atoms with E-state index in [4.69, 9.17) is 0 Å². The van der Waals surface area contributed by atoms with Crippen molar-refractivity contribution in [1.29, 1.82) is 0 Å². The first-order valence-electron chi connectivity index (χ1n) is 7.23. The van der Waals surface area contributed by atoms with Crippen LogP contribution in [0.5, 0.6) is 0 Å². The van der Waals surface area contributed by atoms with Crippen LogP contribution < -0.4 is 5.32 Å². The molecule has 21 heavy (non-hydrogen) atoms. The Hall–Kier alpha value is -2.54. The Morgan fingerprint density at radius 3 is 1.38 bits per heavy atom. The second-order valence-corrected chi connectivity index (χ2v) is 5.35. The molecule has 0 radical (unpaired) electrons. The molecule has 0 bridgehead atoms. The van der Waals surface area contributed by atoms with Crippen molar-refractivity contribution in [3.05, 3.63) is 102 Å². The molecule has 3 aromatic rings. The van der Waals surface area contributed by atoms with E-state index in [1.165, 1.54) is 11.1 Å². The molecule has 0 spiro atoms. The first-order valence-corrected chi connectivity index (χ1v) is 7.23. The number of benzene rings is 3. The predicted octanol–water partition coefficient (Wildman–Crippen LogP) is 5.06. The lowest BCUT2D eigenvalue weighted by molar-refractivity contribution is 0.660. The largest absolute Gasteiger partial charge is 0.372 e. The van der Waals surface area contributed by atoms with Gasteiger partial charge in [-0.3, -0.25) is 0 Å². The molecule has 0 aliphatic carbocycles. The SMILES string of the molecule is C[11C](Nc1ccccc1)(c1ccccc1)c1ccccc1. The van der Waals surface area contributed by atoms with E-state index in [2.05, 4.69) is 97.2 Å². The van der Waals surface area contributed by atoms with Crippen molar-refractivity contribution in [2.45, 2.75) is 12.5 Å². The zero-order chi connectivity index (χ0) is 14.5. The fraction of sp³-hybridized carbons (Fsp3) is 0.100. The van der Waals surface area contributed by atoms with Crippen LogP contribution in [0.1, 0.15) is 18.1 Å². The van der Waals surface area contributed by atoms with Gasteiger partial charge in [-0.05, 0) is 30.2 Å². The summed E-state index contributed by atoms with van der Waals surface area (Å²) in [5, 5.41) is 3.69. The maximum Gasteiger partial charge on any atom is 0.0850 e. The van der Waals surface area contributed by atoms with Crippen LogP contribution in [0, 0.1) is 0 Å². The monoisotopic (exact) mass is 272 g/mol. The fourth-order valence-corrected chi connectivity index (χ4v) is 2.66. The van der Waals surface area contributed by atoms with E-state index in [9.17, 15) is 0 Å². The van der Waals surface area contributed by atoms with Gasteiger partial charge in [-0.1, -0.05) is 78.9 Å². The zero-order valence-corrected chi connectivity index (χ0v) is 12.2. The number of hydrogen-bond donors (Lipinski definition) is 1. The minimum atomic E-state index is -0.260. The number of anilines is 1. The van der Waals surface area contributed by atoms with Gasteiger partial charge in [0.1, 0.15) is 0 Å². The number of rotatable bonds is 4. The van der Waals surface area contributed by atoms with E-state index in [0.29, 0.717) is 0 Å². The molecule has 0 saturated heterocycles. The van der Waals surface area contributed by atoms with Crippen LogP contribution in [0.15, 0.2) is 91.0 Å². The highest BCUT2D eigenvalue weighted by Crippen LogP contribution is 2.32. The lowest BCUT2D eigenvalue weighted by Gasteiger charge is -2.33. The molecular weight excluding hydrogens is 253 g/mol. The minimum absolute atomic E-state index is 0.260. The molecule has 0 aliphatic rings. The summed E-state index contributed by atoms with van der Waals surface area (Å²) in [6.45, 7) is 2.23. The second kappa shape index (κ2) is 5.84. The average Bonchev–Trinajstić information content (AvgIpc) is 2.57. The molecule has 0 atom stereocenters. The fourth-order valence-electron chi connectivity index (χ4n) is 2.66.